The van der Waals surface area contributed by atoms with Crippen LogP contribution in [0.4, 0.5) is 5.69 Å². The van der Waals surface area contributed by atoms with Gasteiger partial charge in [-0.2, -0.15) is 0 Å². The summed E-state index contributed by atoms with van der Waals surface area (Å²) in [5.41, 5.74) is 1.08. The van der Waals surface area contributed by atoms with Crippen molar-refractivity contribution in [3.63, 3.8) is 0 Å². The van der Waals surface area contributed by atoms with Crippen molar-refractivity contribution in [3.05, 3.63) is 54.1 Å². The average molecular weight is 362 g/mol. The summed E-state index contributed by atoms with van der Waals surface area (Å²) in [6, 6.07) is 13.6. The molecule has 1 amide bonds. The van der Waals surface area contributed by atoms with E-state index in [2.05, 4.69) is 5.32 Å². The van der Waals surface area contributed by atoms with Crippen LogP contribution in [0.2, 0.25) is 0 Å². The fourth-order valence-electron chi connectivity index (χ4n) is 2.24. The molecule has 0 aliphatic rings. The van der Waals surface area contributed by atoms with Gasteiger partial charge in [-0.15, -0.1) is 0 Å². The van der Waals surface area contributed by atoms with Crippen LogP contribution in [0.25, 0.3) is 0 Å². The SMILES string of the molecule is CCOc1ccc(CC(=O)Nc2ccccc2S(=O)(=O)N(C)C)cc1. The Morgan fingerprint density at radius 3 is 2.32 bits per heavy atom. The third-order valence-electron chi connectivity index (χ3n) is 3.52. The third kappa shape index (κ3) is 4.80. The molecule has 0 saturated heterocycles. The van der Waals surface area contributed by atoms with Crippen LogP contribution in [0.15, 0.2) is 53.4 Å². The first-order chi connectivity index (χ1) is 11.8. The Hall–Kier alpha value is -2.38. The summed E-state index contributed by atoms with van der Waals surface area (Å²) >= 11 is 0. The van der Waals surface area contributed by atoms with Gasteiger partial charge < -0.3 is 10.1 Å². The van der Waals surface area contributed by atoms with Crippen LogP contribution in [-0.4, -0.2) is 39.3 Å². The fraction of sp³-hybridized carbons (Fsp3) is 0.278. The van der Waals surface area contributed by atoms with Crippen LogP contribution in [-0.2, 0) is 21.2 Å². The maximum absolute atomic E-state index is 12.4. The van der Waals surface area contributed by atoms with Gasteiger partial charge in [0.15, 0.2) is 0 Å². The Balaban J connectivity index is 2.13. The second-order valence-electron chi connectivity index (χ2n) is 5.59. The lowest BCUT2D eigenvalue weighted by atomic mass is 10.1. The molecule has 0 aromatic heterocycles. The maximum Gasteiger partial charge on any atom is 0.244 e. The zero-order chi connectivity index (χ0) is 18.4. The molecule has 2 aromatic carbocycles. The molecule has 6 nitrogen and oxygen atoms in total. The highest BCUT2D eigenvalue weighted by atomic mass is 32.2. The average Bonchev–Trinajstić information content (AvgIpc) is 2.57. The molecular weight excluding hydrogens is 340 g/mol. The molecule has 0 aliphatic heterocycles. The molecule has 25 heavy (non-hydrogen) atoms. The van der Waals surface area contributed by atoms with Gasteiger partial charge in [0.1, 0.15) is 10.6 Å². The molecule has 0 radical (unpaired) electrons. The summed E-state index contributed by atoms with van der Waals surface area (Å²) in [5.74, 6) is 0.458. The van der Waals surface area contributed by atoms with Crippen LogP contribution in [0, 0.1) is 0 Å². The van der Waals surface area contributed by atoms with Crippen LogP contribution < -0.4 is 10.1 Å². The Labute approximate surface area is 148 Å². The summed E-state index contributed by atoms with van der Waals surface area (Å²) < 4.78 is 31.2. The number of nitrogens with one attached hydrogen (secondary N) is 1. The van der Waals surface area contributed by atoms with E-state index in [4.69, 9.17) is 4.74 Å². The normalized spacial score (nSPS) is 11.4. The minimum Gasteiger partial charge on any atom is -0.494 e. The lowest BCUT2D eigenvalue weighted by Crippen LogP contribution is -2.24. The summed E-state index contributed by atoms with van der Waals surface area (Å²) in [6.07, 6.45) is 0.142. The Bertz CT molecular complexity index is 830. The first kappa shape index (κ1) is 19.0. The third-order valence-corrected chi connectivity index (χ3v) is 5.39. The highest BCUT2D eigenvalue weighted by Crippen LogP contribution is 2.23. The lowest BCUT2D eigenvalue weighted by Gasteiger charge is -2.15. The van der Waals surface area contributed by atoms with Crippen LogP contribution >= 0.6 is 0 Å². The number of carbonyl (C=O) groups excluding carboxylic acids is 1. The molecule has 0 bridgehead atoms. The highest BCUT2D eigenvalue weighted by Gasteiger charge is 2.21. The molecule has 2 rings (SSSR count). The number of hydrogen-bond acceptors (Lipinski definition) is 4. The first-order valence-corrected chi connectivity index (χ1v) is 9.31. The lowest BCUT2D eigenvalue weighted by molar-refractivity contribution is -0.115. The van der Waals surface area contributed by atoms with Crippen LogP contribution in [0.1, 0.15) is 12.5 Å². The van der Waals surface area contributed by atoms with Crippen LogP contribution in [0.3, 0.4) is 0 Å². The highest BCUT2D eigenvalue weighted by molar-refractivity contribution is 7.89. The number of benzene rings is 2. The van der Waals surface area contributed by atoms with Crippen molar-refractivity contribution in [2.45, 2.75) is 18.2 Å². The van der Waals surface area contributed by atoms with Crippen molar-refractivity contribution < 1.29 is 17.9 Å². The number of hydrogen-bond donors (Lipinski definition) is 1. The molecule has 0 fully saturated rings. The summed E-state index contributed by atoms with van der Waals surface area (Å²) in [6.45, 7) is 2.48. The number of sulfonamides is 1. The number of para-hydroxylation sites is 1. The molecule has 2 aromatic rings. The number of carbonyl (C=O) groups is 1. The zero-order valence-electron chi connectivity index (χ0n) is 14.5. The van der Waals surface area contributed by atoms with Crippen molar-refractivity contribution in [3.8, 4) is 5.75 Å². The van der Waals surface area contributed by atoms with E-state index in [9.17, 15) is 13.2 Å². The van der Waals surface area contributed by atoms with Crippen molar-refractivity contribution in [2.24, 2.45) is 0 Å². The van der Waals surface area contributed by atoms with Gasteiger partial charge in [-0.1, -0.05) is 24.3 Å². The van der Waals surface area contributed by atoms with Gasteiger partial charge in [0.2, 0.25) is 15.9 Å². The van der Waals surface area contributed by atoms with Crippen molar-refractivity contribution >= 4 is 21.6 Å². The van der Waals surface area contributed by atoms with Gasteiger partial charge in [0.25, 0.3) is 0 Å². The molecule has 1 N–H and O–H groups in total. The number of ether oxygens (including phenoxy) is 1. The Morgan fingerprint density at radius 2 is 1.72 bits per heavy atom. The smallest absolute Gasteiger partial charge is 0.244 e. The van der Waals surface area contributed by atoms with Gasteiger partial charge >= 0.3 is 0 Å². The van der Waals surface area contributed by atoms with E-state index >= 15 is 0 Å². The van der Waals surface area contributed by atoms with Gasteiger partial charge in [-0.05, 0) is 36.8 Å². The van der Waals surface area contributed by atoms with E-state index in [0.29, 0.717) is 6.61 Å². The second-order valence-corrected chi connectivity index (χ2v) is 7.71. The molecule has 7 heteroatoms. The predicted molar refractivity (Wildman–Crippen MR) is 97.3 cm³/mol. The number of nitrogens with zero attached hydrogens (tertiary/aromatic N) is 1. The molecule has 0 atom stereocenters. The van der Waals surface area contributed by atoms with E-state index in [0.717, 1.165) is 15.6 Å². The number of rotatable bonds is 7. The molecular formula is C18H22N2O4S. The molecule has 0 spiro atoms. The van der Waals surface area contributed by atoms with E-state index in [1.807, 2.05) is 19.1 Å². The summed E-state index contributed by atoms with van der Waals surface area (Å²) in [7, 11) is -0.731. The standard InChI is InChI=1S/C18H22N2O4S/c1-4-24-15-11-9-14(10-12-15)13-18(21)19-16-7-5-6-8-17(16)25(22,23)20(2)3/h5-12H,4,13H2,1-3H3,(H,19,21). The van der Waals surface area contributed by atoms with Crippen molar-refractivity contribution in [2.75, 3.05) is 26.0 Å². The van der Waals surface area contributed by atoms with Gasteiger partial charge in [0.05, 0.1) is 18.7 Å². The summed E-state index contributed by atoms with van der Waals surface area (Å²) in [4.78, 5) is 12.4. The molecule has 0 heterocycles. The van der Waals surface area contributed by atoms with E-state index < -0.39 is 10.0 Å². The topological polar surface area (TPSA) is 75.7 Å². The fourth-order valence-corrected chi connectivity index (χ4v) is 3.28. The molecule has 0 aliphatic carbocycles. The van der Waals surface area contributed by atoms with E-state index in [1.165, 1.54) is 20.2 Å². The minimum absolute atomic E-state index is 0.0695. The first-order valence-electron chi connectivity index (χ1n) is 7.87. The monoisotopic (exact) mass is 362 g/mol. The Kier molecular flexibility index (Phi) is 6.17. The number of anilines is 1. The van der Waals surface area contributed by atoms with Gasteiger partial charge in [-0.3, -0.25) is 4.79 Å². The minimum atomic E-state index is -3.64. The van der Waals surface area contributed by atoms with Gasteiger partial charge in [0, 0.05) is 14.1 Å². The molecule has 0 unspecified atom stereocenters. The van der Waals surface area contributed by atoms with Gasteiger partial charge in [-0.25, -0.2) is 12.7 Å². The van der Waals surface area contributed by atoms with E-state index in [1.54, 1.807) is 30.3 Å². The maximum atomic E-state index is 12.4. The molecule has 0 saturated carbocycles. The van der Waals surface area contributed by atoms with Crippen molar-refractivity contribution in [1.29, 1.82) is 0 Å². The predicted octanol–water partition coefficient (Wildman–Crippen LogP) is 2.52. The molecule has 134 valence electrons. The van der Waals surface area contributed by atoms with Crippen molar-refractivity contribution in [1.82, 2.24) is 4.31 Å². The summed E-state index contributed by atoms with van der Waals surface area (Å²) in [5, 5.41) is 2.68. The quantitative estimate of drug-likeness (QED) is 0.821. The number of amides is 1. The zero-order valence-corrected chi connectivity index (χ0v) is 15.3. The second kappa shape index (κ2) is 8.13. The largest absolute Gasteiger partial charge is 0.494 e. The van der Waals surface area contributed by atoms with Crippen LogP contribution in [0.5, 0.6) is 5.75 Å². The Morgan fingerprint density at radius 1 is 1.08 bits per heavy atom. The van der Waals surface area contributed by atoms with E-state index in [-0.39, 0.29) is 22.9 Å².